The molecule has 0 bridgehead atoms. The first-order valence-electron chi connectivity index (χ1n) is 5.52. The van der Waals surface area contributed by atoms with Crippen LogP contribution in [0.1, 0.15) is 26.7 Å². The predicted octanol–water partition coefficient (Wildman–Crippen LogP) is 0.170. The minimum Gasteiger partial charge on any atom is -0.393 e. The Kier molecular flexibility index (Phi) is 4.55. The van der Waals surface area contributed by atoms with E-state index in [1.807, 2.05) is 0 Å². The van der Waals surface area contributed by atoms with E-state index in [9.17, 15) is 8.42 Å². The molecule has 0 radical (unpaired) electrons. The summed E-state index contributed by atoms with van der Waals surface area (Å²) in [7, 11) is -2.91. The summed E-state index contributed by atoms with van der Waals surface area (Å²) in [6, 6.07) is 0. The molecule has 90 valence electrons. The van der Waals surface area contributed by atoms with Crippen LogP contribution in [0.15, 0.2) is 0 Å². The molecule has 1 aliphatic rings. The summed E-state index contributed by atoms with van der Waals surface area (Å²) in [4.78, 5) is 0. The second-order valence-corrected chi connectivity index (χ2v) is 7.29. The summed E-state index contributed by atoms with van der Waals surface area (Å²) in [5.41, 5.74) is 0. The highest BCUT2D eigenvalue weighted by Crippen LogP contribution is 2.25. The Morgan fingerprint density at radius 2 is 2.00 bits per heavy atom. The van der Waals surface area contributed by atoms with Crippen molar-refractivity contribution in [3.8, 4) is 0 Å². The molecular formula is C10H21NO3S. The third-order valence-electron chi connectivity index (χ3n) is 2.93. The van der Waals surface area contributed by atoms with Crippen molar-refractivity contribution in [1.29, 1.82) is 0 Å². The zero-order valence-electron chi connectivity index (χ0n) is 9.44. The van der Waals surface area contributed by atoms with Gasteiger partial charge >= 0.3 is 0 Å². The van der Waals surface area contributed by atoms with Crippen LogP contribution in [0.5, 0.6) is 0 Å². The topological polar surface area (TPSA) is 66.4 Å². The minimum absolute atomic E-state index is 0.129. The Hall–Kier alpha value is -0.130. The highest BCUT2D eigenvalue weighted by atomic mass is 32.2. The van der Waals surface area contributed by atoms with E-state index in [1.54, 1.807) is 13.8 Å². The summed E-state index contributed by atoms with van der Waals surface area (Å²) in [6.07, 6.45) is 1.57. The van der Waals surface area contributed by atoms with E-state index in [-0.39, 0.29) is 17.1 Å². The van der Waals surface area contributed by atoms with Crippen LogP contribution in [0.2, 0.25) is 0 Å². The number of hydrogen-bond donors (Lipinski definition) is 2. The molecule has 15 heavy (non-hydrogen) atoms. The largest absolute Gasteiger partial charge is 0.393 e. The molecule has 1 aliphatic carbocycles. The predicted molar refractivity (Wildman–Crippen MR) is 60.5 cm³/mol. The van der Waals surface area contributed by atoms with Gasteiger partial charge in [0, 0.05) is 6.54 Å². The smallest absolute Gasteiger partial charge is 0.153 e. The average molecular weight is 235 g/mol. The van der Waals surface area contributed by atoms with E-state index in [4.69, 9.17) is 5.11 Å². The fraction of sp³-hybridized carbons (Fsp3) is 1.00. The van der Waals surface area contributed by atoms with Crippen molar-refractivity contribution in [3.63, 3.8) is 0 Å². The second kappa shape index (κ2) is 5.27. The first-order valence-corrected chi connectivity index (χ1v) is 7.23. The van der Waals surface area contributed by atoms with Gasteiger partial charge in [-0.2, -0.15) is 0 Å². The fourth-order valence-corrected chi connectivity index (χ4v) is 2.52. The van der Waals surface area contributed by atoms with Crippen molar-refractivity contribution in [2.24, 2.45) is 5.92 Å². The molecule has 4 nitrogen and oxygen atoms in total. The molecule has 0 aromatic rings. The molecule has 0 aromatic heterocycles. The minimum atomic E-state index is -2.91. The number of aliphatic hydroxyl groups is 1. The van der Waals surface area contributed by atoms with Crippen molar-refractivity contribution in [2.75, 3.05) is 18.8 Å². The van der Waals surface area contributed by atoms with Gasteiger partial charge in [0.05, 0.1) is 17.1 Å². The van der Waals surface area contributed by atoms with Gasteiger partial charge in [-0.1, -0.05) is 0 Å². The Bertz CT molecular complexity index is 281. The van der Waals surface area contributed by atoms with Crippen LogP contribution in [0.4, 0.5) is 0 Å². The molecule has 1 saturated carbocycles. The van der Waals surface area contributed by atoms with Crippen molar-refractivity contribution in [2.45, 2.75) is 38.0 Å². The number of rotatable bonds is 6. The summed E-state index contributed by atoms with van der Waals surface area (Å²) >= 11 is 0. The van der Waals surface area contributed by atoms with Gasteiger partial charge in [-0.05, 0) is 39.2 Å². The standard InChI is InChI=1S/C10H21NO3S/c1-8(2)15(13,14)4-3-11-7-9-5-10(12)6-9/h8-12H,3-7H2,1-2H3. The van der Waals surface area contributed by atoms with Crippen LogP contribution in [0.3, 0.4) is 0 Å². The molecule has 0 atom stereocenters. The summed E-state index contributed by atoms with van der Waals surface area (Å²) in [5, 5.41) is 11.9. The van der Waals surface area contributed by atoms with Gasteiger partial charge in [0.1, 0.15) is 0 Å². The SMILES string of the molecule is CC(C)S(=O)(=O)CCNCC1CC(O)C1. The Morgan fingerprint density at radius 3 is 2.47 bits per heavy atom. The molecule has 0 unspecified atom stereocenters. The fourth-order valence-electron chi connectivity index (χ4n) is 1.62. The lowest BCUT2D eigenvalue weighted by molar-refractivity contribution is 0.0433. The lowest BCUT2D eigenvalue weighted by atomic mass is 9.82. The second-order valence-electron chi connectivity index (χ2n) is 4.61. The van der Waals surface area contributed by atoms with Crippen molar-refractivity contribution < 1.29 is 13.5 Å². The quantitative estimate of drug-likeness (QED) is 0.644. The number of hydrogen-bond acceptors (Lipinski definition) is 4. The maximum absolute atomic E-state index is 11.4. The van der Waals surface area contributed by atoms with Crippen LogP contribution in [-0.4, -0.2) is 43.7 Å². The van der Waals surface area contributed by atoms with Gasteiger partial charge in [0.15, 0.2) is 9.84 Å². The lowest BCUT2D eigenvalue weighted by Crippen LogP contribution is -2.38. The highest BCUT2D eigenvalue weighted by Gasteiger charge is 2.26. The zero-order valence-corrected chi connectivity index (χ0v) is 10.3. The van der Waals surface area contributed by atoms with Gasteiger partial charge < -0.3 is 10.4 Å². The van der Waals surface area contributed by atoms with E-state index in [0.29, 0.717) is 12.5 Å². The van der Waals surface area contributed by atoms with Crippen LogP contribution >= 0.6 is 0 Å². The molecule has 1 rings (SSSR count). The molecule has 1 fully saturated rings. The molecule has 0 aliphatic heterocycles. The molecule has 5 heteroatoms. The Morgan fingerprint density at radius 1 is 1.40 bits per heavy atom. The molecule has 0 aromatic carbocycles. The van der Waals surface area contributed by atoms with Gasteiger partial charge in [-0.15, -0.1) is 0 Å². The van der Waals surface area contributed by atoms with Crippen molar-refractivity contribution in [1.82, 2.24) is 5.32 Å². The monoisotopic (exact) mass is 235 g/mol. The number of sulfone groups is 1. The third kappa shape index (κ3) is 4.09. The van der Waals surface area contributed by atoms with Crippen LogP contribution in [0, 0.1) is 5.92 Å². The molecule has 0 spiro atoms. The van der Waals surface area contributed by atoms with Gasteiger partial charge in [-0.25, -0.2) is 8.42 Å². The zero-order chi connectivity index (χ0) is 11.5. The Labute approximate surface area is 92.0 Å². The summed E-state index contributed by atoms with van der Waals surface area (Å²) in [5.74, 6) is 0.738. The van der Waals surface area contributed by atoms with E-state index < -0.39 is 9.84 Å². The molecule has 0 amide bonds. The molecule has 0 saturated heterocycles. The van der Waals surface area contributed by atoms with E-state index >= 15 is 0 Å². The van der Waals surface area contributed by atoms with Crippen LogP contribution in [-0.2, 0) is 9.84 Å². The third-order valence-corrected chi connectivity index (χ3v) is 5.14. The van der Waals surface area contributed by atoms with E-state index in [2.05, 4.69) is 5.32 Å². The van der Waals surface area contributed by atoms with Crippen LogP contribution in [0.25, 0.3) is 0 Å². The number of nitrogens with one attached hydrogen (secondary N) is 1. The maximum Gasteiger partial charge on any atom is 0.153 e. The van der Waals surface area contributed by atoms with Crippen molar-refractivity contribution >= 4 is 9.84 Å². The molecular weight excluding hydrogens is 214 g/mol. The van der Waals surface area contributed by atoms with E-state index in [1.165, 1.54) is 0 Å². The molecule has 2 N–H and O–H groups in total. The lowest BCUT2D eigenvalue weighted by Gasteiger charge is -2.31. The number of aliphatic hydroxyl groups excluding tert-OH is 1. The van der Waals surface area contributed by atoms with Gasteiger partial charge in [0.25, 0.3) is 0 Å². The maximum atomic E-state index is 11.4. The summed E-state index contributed by atoms with van der Waals surface area (Å²) in [6.45, 7) is 4.76. The summed E-state index contributed by atoms with van der Waals surface area (Å²) < 4.78 is 22.9. The van der Waals surface area contributed by atoms with Gasteiger partial charge in [-0.3, -0.25) is 0 Å². The van der Waals surface area contributed by atoms with E-state index in [0.717, 1.165) is 19.4 Å². The average Bonchev–Trinajstić information content (AvgIpc) is 2.08. The Balaban J connectivity index is 2.07. The van der Waals surface area contributed by atoms with Crippen LogP contribution < -0.4 is 5.32 Å². The van der Waals surface area contributed by atoms with Gasteiger partial charge in [0.2, 0.25) is 0 Å². The normalized spacial score (nSPS) is 26.7. The molecule has 0 heterocycles. The highest BCUT2D eigenvalue weighted by molar-refractivity contribution is 7.92. The first-order chi connectivity index (χ1) is 6.92. The first kappa shape index (κ1) is 12.9. The van der Waals surface area contributed by atoms with Crippen molar-refractivity contribution in [3.05, 3.63) is 0 Å².